The van der Waals surface area contributed by atoms with Gasteiger partial charge in [0.1, 0.15) is 0 Å². The molecule has 0 atom stereocenters. The Bertz CT molecular complexity index is 443. The molecule has 0 aliphatic carbocycles. The van der Waals surface area contributed by atoms with Gasteiger partial charge in [-0.15, -0.1) is 0 Å². The Kier molecular flexibility index (Phi) is 2.14. The van der Waals surface area contributed by atoms with Crippen LogP contribution in [-0.2, 0) is 13.6 Å². The lowest BCUT2D eigenvalue weighted by molar-refractivity contribution is 0.111. The third kappa shape index (κ3) is 1.56. The molecule has 0 N–H and O–H groups in total. The molecule has 14 heavy (non-hydrogen) atoms. The second-order valence-corrected chi connectivity index (χ2v) is 3.05. The SMILES string of the molecule is Cn1cc(Cn2ccnc2C=O)cn1. The van der Waals surface area contributed by atoms with Crippen LogP contribution in [-0.4, -0.2) is 25.6 Å². The summed E-state index contributed by atoms with van der Waals surface area (Å²) >= 11 is 0. The molecule has 0 aliphatic heterocycles. The van der Waals surface area contributed by atoms with Crippen molar-refractivity contribution in [2.75, 3.05) is 0 Å². The molecule has 0 aliphatic rings. The minimum absolute atomic E-state index is 0.439. The minimum Gasteiger partial charge on any atom is -0.324 e. The lowest BCUT2D eigenvalue weighted by atomic mass is 10.3. The summed E-state index contributed by atoms with van der Waals surface area (Å²) in [6, 6.07) is 0. The maximum atomic E-state index is 10.6. The van der Waals surface area contributed by atoms with Gasteiger partial charge in [-0.2, -0.15) is 5.10 Å². The van der Waals surface area contributed by atoms with E-state index in [0.29, 0.717) is 12.4 Å². The van der Waals surface area contributed by atoms with E-state index in [1.54, 1.807) is 27.8 Å². The van der Waals surface area contributed by atoms with Crippen LogP contribution in [0.4, 0.5) is 0 Å². The van der Waals surface area contributed by atoms with Crippen LogP contribution in [0.1, 0.15) is 16.2 Å². The number of carbonyl (C=O) groups is 1. The first kappa shape index (κ1) is 8.68. The van der Waals surface area contributed by atoms with E-state index in [0.717, 1.165) is 11.8 Å². The molecule has 5 nitrogen and oxygen atoms in total. The molecule has 0 saturated heterocycles. The van der Waals surface area contributed by atoms with E-state index in [4.69, 9.17) is 0 Å². The Morgan fingerprint density at radius 3 is 3.07 bits per heavy atom. The predicted octanol–water partition coefficient (Wildman–Crippen LogP) is 0.477. The van der Waals surface area contributed by atoms with Crippen molar-refractivity contribution in [2.24, 2.45) is 7.05 Å². The van der Waals surface area contributed by atoms with Crippen LogP contribution in [0.15, 0.2) is 24.8 Å². The molecule has 0 unspecified atom stereocenters. The summed E-state index contributed by atoms with van der Waals surface area (Å²) in [6.45, 7) is 0.627. The highest BCUT2D eigenvalue weighted by atomic mass is 16.1. The Balaban J connectivity index is 2.22. The minimum atomic E-state index is 0.439. The van der Waals surface area contributed by atoms with E-state index >= 15 is 0 Å². The largest absolute Gasteiger partial charge is 0.324 e. The number of aryl methyl sites for hydroxylation is 1. The molecule has 2 aromatic rings. The number of aromatic nitrogens is 4. The molecule has 2 rings (SSSR count). The number of nitrogens with zero attached hydrogens (tertiary/aromatic N) is 4. The number of imidazole rings is 1. The molecule has 0 radical (unpaired) electrons. The Morgan fingerprint density at radius 1 is 1.57 bits per heavy atom. The van der Waals surface area contributed by atoms with Gasteiger partial charge in [0, 0.05) is 31.2 Å². The fourth-order valence-electron chi connectivity index (χ4n) is 1.32. The second kappa shape index (κ2) is 3.45. The van der Waals surface area contributed by atoms with Crippen LogP contribution in [0.25, 0.3) is 0 Å². The van der Waals surface area contributed by atoms with E-state index in [9.17, 15) is 4.79 Å². The van der Waals surface area contributed by atoms with Crippen molar-refractivity contribution in [1.29, 1.82) is 0 Å². The topological polar surface area (TPSA) is 52.7 Å². The molecule has 0 bridgehead atoms. The second-order valence-electron chi connectivity index (χ2n) is 3.05. The molecular weight excluding hydrogens is 180 g/mol. The summed E-state index contributed by atoms with van der Waals surface area (Å²) < 4.78 is 3.51. The number of hydrogen-bond acceptors (Lipinski definition) is 3. The van der Waals surface area contributed by atoms with Gasteiger partial charge in [0.05, 0.1) is 12.7 Å². The van der Waals surface area contributed by atoms with E-state index in [-0.39, 0.29) is 0 Å². The molecule has 2 heterocycles. The molecule has 2 aromatic heterocycles. The first-order chi connectivity index (χ1) is 6.79. The summed E-state index contributed by atoms with van der Waals surface area (Å²) in [7, 11) is 1.86. The highest BCUT2D eigenvalue weighted by Crippen LogP contribution is 2.02. The van der Waals surface area contributed by atoms with Gasteiger partial charge < -0.3 is 4.57 Å². The monoisotopic (exact) mass is 190 g/mol. The summed E-state index contributed by atoms with van der Waals surface area (Å²) in [5.74, 6) is 0.439. The van der Waals surface area contributed by atoms with Crippen molar-refractivity contribution in [3.63, 3.8) is 0 Å². The average molecular weight is 190 g/mol. The van der Waals surface area contributed by atoms with E-state index < -0.39 is 0 Å². The fourth-order valence-corrected chi connectivity index (χ4v) is 1.32. The van der Waals surface area contributed by atoms with Crippen molar-refractivity contribution in [2.45, 2.75) is 6.54 Å². The zero-order chi connectivity index (χ0) is 9.97. The molecule has 0 spiro atoms. The standard InChI is InChI=1S/C9H10N4O/c1-12-5-8(4-11-12)6-13-3-2-10-9(13)7-14/h2-5,7H,6H2,1H3. The first-order valence-electron chi connectivity index (χ1n) is 4.23. The molecule has 5 heteroatoms. The maximum Gasteiger partial charge on any atom is 0.185 e. The molecule has 72 valence electrons. The van der Waals surface area contributed by atoms with Crippen LogP contribution >= 0.6 is 0 Å². The zero-order valence-corrected chi connectivity index (χ0v) is 7.79. The third-order valence-corrected chi connectivity index (χ3v) is 1.96. The quantitative estimate of drug-likeness (QED) is 0.661. The Labute approximate surface area is 81.0 Å². The fraction of sp³-hybridized carbons (Fsp3) is 0.222. The normalized spacial score (nSPS) is 10.4. The molecule has 0 saturated carbocycles. The van der Waals surface area contributed by atoms with Gasteiger partial charge in [0.2, 0.25) is 0 Å². The molecule has 0 aromatic carbocycles. The predicted molar refractivity (Wildman–Crippen MR) is 49.9 cm³/mol. The number of aldehydes is 1. The van der Waals surface area contributed by atoms with Crippen LogP contribution in [0.5, 0.6) is 0 Å². The summed E-state index contributed by atoms with van der Waals surface area (Å²) in [5.41, 5.74) is 1.05. The average Bonchev–Trinajstić information content (AvgIpc) is 2.76. The molecule has 0 fully saturated rings. The van der Waals surface area contributed by atoms with Crippen LogP contribution in [0.3, 0.4) is 0 Å². The van der Waals surface area contributed by atoms with Crippen molar-refractivity contribution in [3.8, 4) is 0 Å². The lowest BCUT2D eigenvalue weighted by Crippen LogP contribution is -2.02. The van der Waals surface area contributed by atoms with Crippen molar-refractivity contribution < 1.29 is 4.79 Å². The van der Waals surface area contributed by atoms with E-state index in [2.05, 4.69) is 10.1 Å². The molecular formula is C9H10N4O. The number of rotatable bonds is 3. The van der Waals surface area contributed by atoms with Gasteiger partial charge in [-0.05, 0) is 0 Å². The lowest BCUT2D eigenvalue weighted by Gasteiger charge is -2.00. The van der Waals surface area contributed by atoms with Gasteiger partial charge in [-0.3, -0.25) is 9.48 Å². The van der Waals surface area contributed by atoms with Crippen LogP contribution in [0.2, 0.25) is 0 Å². The van der Waals surface area contributed by atoms with Crippen LogP contribution < -0.4 is 0 Å². The maximum absolute atomic E-state index is 10.6. The van der Waals surface area contributed by atoms with Gasteiger partial charge >= 0.3 is 0 Å². The van der Waals surface area contributed by atoms with Gasteiger partial charge in [0.25, 0.3) is 0 Å². The van der Waals surface area contributed by atoms with Crippen molar-refractivity contribution in [3.05, 3.63) is 36.2 Å². The van der Waals surface area contributed by atoms with Crippen molar-refractivity contribution >= 4 is 6.29 Å². The summed E-state index contributed by atoms with van der Waals surface area (Å²) in [6.07, 6.45) is 7.82. The smallest absolute Gasteiger partial charge is 0.185 e. The number of carbonyl (C=O) groups excluding carboxylic acids is 1. The first-order valence-corrected chi connectivity index (χ1v) is 4.23. The van der Waals surface area contributed by atoms with E-state index in [1.807, 2.05) is 13.2 Å². The third-order valence-electron chi connectivity index (χ3n) is 1.96. The number of hydrogen-bond donors (Lipinski definition) is 0. The Hall–Kier alpha value is -1.91. The Morgan fingerprint density at radius 2 is 2.43 bits per heavy atom. The summed E-state index contributed by atoms with van der Waals surface area (Å²) in [4.78, 5) is 14.5. The van der Waals surface area contributed by atoms with Gasteiger partial charge in [-0.1, -0.05) is 0 Å². The highest BCUT2D eigenvalue weighted by Gasteiger charge is 2.02. The van der Waals surface area contributed by atoms with Gasteiger partial charge in [0.15, 0.2) is 12.1 Å². The summed E-state index contributed by atoms with van der Waals surface area (Å²) in [5, 5.41) is 4.05. The highest BCUT2D eigenvalue weighted by molar-refractivity contribution is 5.69. The van der Waals surface area contributed by atoms with Gasteiger partial charge in [-0.25, -0.2) is 4.98 Å². The van der Waals surface area contributed by atoms with Crippen LogP contribution in [0, 0.1) is 0 Å². The van der Waals surface area contributed by atoms with Crippen molar-refractivity contribution in [1.82, 2.24) is 19.3 Å². The molecule has 0 amide bonds. The van der Waals surface area contributed by atoms with E-state index in [1.165, 1.54) is 0 Å². The zero-order valence-electron chi connectivity index (χ0n) is 7.79.